The van der Waals surface area contributed by atoms with Crippen molar-refractivity contribution in [3.05, 3.63) is 65.6 Å². The number of benzene rings is 2. The van der Waals surface area contributed by atoms with Gasteiger partial charge in [-0.2, -0.15) is 0 Å². The predicted molar refractivity (Wildman–Crippen MR) is 105 cm³/mol. The van der Waals surface area contributed by atoms with Crippen LogP contribution in [-0.2, 0) is 9.53 Å². The summed E-state index contributed by atoms with van der Waals surface area (Å²) in [6, 6.07) is 13.0. The van der Waals surface area contributed by atoms with Crippen molar-refractivity contribution in [1.82, 2.24) is 9.97 Å². The van der Waals surface area contributed by atoms with E-state index in [1.54, 1.807) is 25.1 Å². The molecule has 0 bridgehead atoms. The van der Waals surface area contributed by atoms with Crippen LogP contribution in [0.25, 0.3) is 21.1 Å². The Morgan fingerprint density at radius 1 is 1.11 bits per heavy atom. The van der Waals surface area contributed by atoms with Crippen molar-refractivity contribution in [2.45, 2.75) is 6.92 Å². The Labute approximate surface area is 163 Å². The SMILES string of the molecule is Cc1cc(C(=O)OCC(=O)Nc2nc3ccc(F)cc3s2)c2ccccc2n1. The number of para-hydroxylation sites is 1. The summed E-state index contributed by atoms with van der Waals surface area (Å²) < 4.78 is 19.0. The molecule has 0 unspecified atom stereocenters. The van der Waals surface area contributed by atoms with E-state index in [9.17, 15) is 14.0 Å². The van der Waals surface area contributed by atoms with E-state index >= 15 is 0 Å². The van der Waals surface area contributed by atoms with Gasteiger partial charge in [0.1, 0.15) is 5.82 Å². The number of aryl methyl sites for hydroxylation is 1. The number of fused-ring (bicyclic) bond motifs is 2. The minimum Gasteiger partial charge on any atom is -0.452 e. The molecule has 1 N–H and O–H groups in total. The molecule has 0 aliphatic heterocycles. The first kappa shape index (κ1) is 18.0. The number of nitrogens with zero attached hydrogens (tertiary/aromatic N) is 2. The minimum atomic E-state index is -0.608. The van der Waals surface area contributed by atoms with Gasteiger partial charge in [0.2, 0.25) is 0 Å². The van der Waals surface area contributed by atoms with Crippen LogP contribution in [0.1, 0.15) is 16.1 Å². The number of ether oxygens (including phenoxy) is 1. The second-order valence-electron chi connectivity index (χ2n) is 6.08. The van der Waals surface area contributed by atoms with Crippen LogP contribution in [0.15, 0.2) is 48.5 Å². The number of rotatable bonds is 4. The normalized spacial score (nSPS) is 10.9. The summed E-state index contributed by atoms with van der Waals surface area (Å²) in [6.07, 6.45) is 0. The highest BCUT2D eigenvalue weighted by Gasteiger charge is 2.16. The maximum atomic E-state index is 13.2. The van der Waals surface area contributed by atoms with Crippen LogP contribution in [0.4, 0.5) is 9.52 Å². The van der Waals surface area contributed by atoms with Crippen LogP contribution in [-0.4, -0.2) is 28.5 Å². The van der Waals surface area contributed by atoms with Crippen molar-refractivity contribution in [3.8, 4) is 0 Å². The molecule has 0 radical (unpaired) electrons. The smallest absolute Gasteiger partial charge is 0.339 e. The summed E-state index contributed by atoms with van der Waals surface area (Å²) in [5, 5.41) is 3.53. The highest BCUT2D eigenvalue weighted by Crippen LogP contribution is 2.26. The fraction of sp³-hybridized carbons (Fsp3) is 0.100. The molecular formula is C20H14FN3O3S. The lowest BCUT2D eigenvalue weighted by atomic mass is 10.1. The average molecular weight is 395 g/mol. The topological polar surface area (TPSA) is 81.2 Å². The molecule has 28 heavy (non-hydrogen) atoms. The van der Waals surface area contributed by atoms with Crippen molar-refractivity contribution >= 4 is 49.5 Å². The second-order valence-corrected chi connectivity index (χ2v) is 7.11. The summed E-state index contributed by atoms with van der Waals surface area (Å²) in [5.41, 5.74) is 2.29. The summed E-state index contributed by atoms with van der Waals surface area (Å²) in [4.78, 5) is 33.2. The van der Waals surface area contributed by atoms with Gasteiger partial charge in [-0.05, 0) is 37.3 Å². The number of hydrogen-bond donors (Lipinski definition) is 1. The zero-order valence-electron chi connectivity index (χ0n) is 14.7. The number of pyridine rings is 1. The maximum absolute atomic E-state index is 13.2. The monoisotopic (exact) mass is 395 g/mol. The van der Waals surface area contributed by atoms with Crippen LogP contribution in [0.2, 0.25) is 0 Å². The minimum absolute atomic E-state index is 0.312. The third-order valence-corrected chi connectivity index (χ3v) is 4.93. The predicted octanol–water partition coefficient (Wildman–Crippen LogP) is 4.09. The molecule has 2 aromatic carbocycles. The zero-order valence-corrected chi connectivity index (χ0v) is 15.5. The molecule has 2 heterocycles. The van der Waals surface area contributed by atoms with Crippen molar-refractivity contribution < 1.29 is 18.7 Å². The van der Waals surface area contributed by atoms with E-state index in [2.05, 4.69) is 15.3 Å². The molecule has 0 aliphatic rings. The fourth-order valence-electron chi connectivity index (χ4n) is 2.79. The van der Waals surface area contributed by atoms with E-state index in [0.717, 1.165) is 11.3 Å². The molecule has 0 fully saturated rings. The maximum Gasteiger partial charge on any atom is 0.339 e. The number of hydrogen-bond acceptors (Lipinski definition) is 6. The van der Waals surface area contributed by atoms with Gasteiger partial charge in [-0.15, -0.1) is 0 Å². The van der Waals surface area contributed by atoms with Crippen LogP contribution in [0, 0.1) is 12.7 Å². The molecule has 0 spiro atoms. The van der Waals surface area contributed by atoms with Crippen LogP contribution in [0.5, 0.6) is 0 Å². The number of aromatic nitrogens is 2. The lowest BCUT2D eigenvalue weighted by Gasteiger charge is -2.08. The first-order valence-electron chi connectivity index (χ1n) is 8.39. The molecule has 8 heteroatoms. The number of amides is 1. The molecular weight excluding hydrogens is 381 g/mol. The number of esters is 1. The Balaban J connectivity index is 1.45. The molecule has 2 aromatic heterocycles. The molecule has 4 aromatic rings. The Kier molecular flexibility index (Phi) is 4.70. The number of carbonyl (C=O) groups excluding carboxylic acids is 2. The third kappa shape index (κ3) is 3.67. The Bertz CT molecular complexity index is 1220. The number of nitrogens with one attached hydrogen (secondary N) is 1. The molecule has 0 saturated carbocycles. The van der Waals surface area contributed by atoms with Gasteiger partial charge in [-0.3, -0.25) is 15.1 Å². The highest BCUT2D eigenvalue weighted by atomic mass is 32.1. The summed E-state index contributed by atoms with van der Waals surface area (Å²) in [6.45, 7) is 1.32. The van der Waals surface area contributed by atoms with E-state index in [1.165, 1.54) is 18.2 Å². The molecule has 0 aliphatic carbocycles. The van der Waals surface area contributed by atoms with Gasteiger partial charge in [0.05, 0.1) is 21.3 Å². The average Bonchev–Trinajstić information content (AvgIpc) is 3.06. The van der Waals surface area contributed by atoms with Crippen LogP contribution in [0.3, 0.4) is 0 Å². The molecule has 4 rings (SSSR count). The number of thiazole rings is 1. The van der Waals surface area contributed by atoms with E-state index < -0.39 is 18.5 Å². The van der Waals surface area contributed by atoms with E-state index in [1.807, 2.05) is 12.1 Å². The van der Waals surface area contributed by atoms with Gasteiger partial charge in [-0.25, -0.2) is 14.2 Å². The molecule has 6 nitrogen and oxygen atoms in total. The molecule has 1 amide bonds. The molecule has 0 atom stereocenters. The quantitative estimate of drug-likeness (QED) is 0.527. The van der Waals surface area contributed by atoms with Gasteiger partial charge >= 0.3 is 5.97 Å². The number of halogens is 1. The molecule has 140 valence electrons. The van der Waals surface area contributed by atoms with Gasteiger partial charge in [0.25, 0.3) is 5.91 Å². The van der Waals surface area contributed by atoms with Gasteiger partial charge in [0.15, 0.2) is 11.7 Å². The lowest BCUT2D eigenvalue weighted by Crippen LogP contribution is -2.21. The van der Waals surface area contributed by atoms with E-state index in [-0.39, 0.29) is 5.82 Å². The van der Waals surface area contributed by atoms with Crippen LogP contribution >= 0.6 is 11.3 Å². The first-order chi connectivity index (χ1) is 13.5. The fourth-order valence-corrected chi connectivity index (χ4v) is 3.70. The summed E-state index contributed by atoms with van der Waals surface area (Å²) in [5.74, 6) is -1.51. The van der Waals surface area contributed by atoms with Crippen molar-refractivity contribution in [2.75, 3.05) is 11.9 Å². The van der Waals surface area contributed by atoms with Gasteiger partial charge < -0.3 is 4.74 Å². The zero-order chi connectivity index (χ0) is 19.7. The van der Waals surface area contributed by atoms with Crippen molar-refractivity contribution in [1.29, 1.82) is 0 Å². The van der Waals surface area contributed by atoms with Gasteiger partial charge in [0, 0.05) is 11.1 Å². The van der Waals surface area contributed by atoms with E-state index in [4.69, 9.17) is 4.74 Å². The highest BCUT2D eigenvalue weighted by molar-refractivity contribution is 7.22. The number of carbonyl (C=O) groups is 2. The number of anilines is 1. The Morgan fingerprint density at radius 3 is 2.79 bits per heavy atom. The second kappa shape index (κ2) is 7.32. The summed E-state index contributed by atoms with van der Waals surface area (Å²) >= 11 is 1.14. The van der Waals surface area contributed by atoms with E-state index in [0.29, 0.717) is 37.5 Å². The Hall–Kier alpha value is -3.39. The third-order valence-electron chi connectivity index (χ3n) is 4.00. The van der Waals surface area contributed by atoms with Crippen molar-refractivity contribution in [2.24, 2.45) is 0 Å². The van der Waals surface area contributed by atoms with Crippen LogP contribution < -0.4 is 5.32 Å². The van der Waals surface area contributed by atoms with Gasteiger partial charge in [-0.1, -0.05) is 29.5 Å². The summed E-state index contributed by atoms with van der Waals surface area (Å²) in [7, 11) is 0. The molecule has 0 saturated heterocycles. The lowest BCUT2D eigenvalue weighted by molar-refractivity contribution is -0.119. The standard InChI is InChI=1S/C20H14FN3O3S/c1-11-8-14(13-4-2-3-5-15(13)22-11)19(26)27-10-18(25)24-20-23-16-7-6-12(21)9-17(16)28-20/h2-9H,10H2,1H3,(H,23,24,25). The first-order valence-corrected chi connectivity index (χ1v) is 9.21. The van der Waals surface area contributed by atoms with Crippen molar-refractivity contribution in [3.63, 3.8) is 0 Å². The largest absolute Gasteiger partial charge is 0.452 e. The Morgan fingerprint density at radius 2 is 1.93 bits per heavy atom.